The first kappa shape index (κ1) is 8.15. The third kappa shape index (κ3) is 1.77. The molecule has 0 bridgehead atoms. The molecule has 1 aromatic rings. The van der Waals surface area contributed by atoms with Crippen molar-refractivity contribution in [3.63, 3.8) is 0 Å². The largest absolute Gasteiger partial charge is 0.347 e. The fourth-order valence-electron chi connectivity index (χ4n) is 0.614. The zero-order valence-corrected chi connectivity index (χ0v) is 7.51. The first-order valence-corrected chi connectivity index (χ1v) is 4.68. The van der Waals surface area contributed by atoms with Crippen LogP contribution in [-0.2, 0) is 0 Å². The van der Waals surface area contributed by atoms with E-state index in [1.54, 1.807) is 18.2 Å². The molecule has 54 valence electrons. The molecule has 1 rings (SSSR count). The van der Waals surface area contributed by atoms with Gasteiger partial charge < -0.3 is 9.79 Å². The van der Waals surface area contributed by atoms with Crippen LogP contribution in [0.4, 0.5) is 0 Å². The molecule has 1 aromatic carbocycles. The molecular weight excluding hydrogens is 215 g/mol. The summed E-state index contributed by atoms with van der Waals surface area (Å²) in [5, 5.41) is 0.553. The number of rotatable bonds is 1. The van der Waals surface area contributed by atoms with Crippen LogP contribution in [0.1, 0.15) is 0 Å². The molecular formula is C6H6BrO2P. The predicted molar refractivity (Wildman–Crippen MR) is 45.1 cm³/mol. The van der Waals surface area contributed by atoms with E-state index in [1.165, 1.54) is 0 Å². The molecule has 0 saturated carbocycles. The highest BCUT2D eigenvalue weighted by atomic mass is 79.9. The van der Waals surface area contributed by atoms with Gasteiger partial charge >= 0.3 is 0 Å². The van der Waals surface area contributed by atoms with Gasteiger partial charge in [0.25, 0.3) is 0 Å². The molecule has 0 heterocycles. The van der Waals surface area contributed by atoms with Crippen LogP contribution < -0.4 is 5.30 Å². The van der Waals surface area contributed by atoms with Crippen molar-refractivity contribution in [2.75, 3.05) is 0 Å². The lowest BCUT2D eigenvalue weighted by atomic mass is 10.4. The number of hydrogen-bond acceptors (Lipinski definition) is 2. The van der Waals surface area contributed by atoms with Crippen LogP contribution >= 0.6 is 24.3 Å². The van der Waals surface area contributed by atoms with E-state index in [1.807, 2.05) is 6.07 Å². The Kier molecular flexibility index (Phi) is 2.81. The molecule has 0 radical (unpaired) electrons. The Balaban J connectivity index is 3.03. The first-order chi connectivity index (χ1) is 4.72. The zero-order valence-electron chi connectivity index (χ0n) is 5.03. The van der Waals surface area contributed by atoms with Gasteiger partial charge in [-0.15, -0.1) is 0 Å². The van der Waals surface area contributed by atoms with Gasteiger partial charge in [0.1, 0.15) is 0 Å². The van der Waals surface area contributed by atoms with Crippen molar-refractivity contribution in [1.82, 2.24) is 0 Å². The second-order valence-electron chi connectivity index (χ2n) is 1.74. The molecule has 0 fully saturated rings. The van der Waals surface area contributed by atoms with Crippen molar-refractivity contribution in [3.8, 4) is 0 Å². The lowest BCUT2D eigenvalue weighted by Gasteiger charge is -2.02. The minimum Gasteiger partial charge on any atom is -0.347 e. The van der Waals surface area contributed by atoms with E-state index in [9.17, 15) is 0 Å². The Hall–Kier alpha value is 0.0500. The SMILES string of the molecule is OP(O)c1ccccc1Br. The summed E-state index contributed by atoms with van der Waals surface area (Å²) in [4.78, 5) is 17.6. The molecule has 10 heavy (non-hydrogen) atoms. The Bertz CT molecular complexity index is 227. The quantitative estimate of drug-likeness (QED) is 0.703. The summed E-state index contributed by atoms with van der Waals surface area (Å²) in [7, 11) is -1.96. The van der Waals surface area contributed by atoms with E-state index in [0.29, 0.717) is 5.30 Å². The minimum atomic E-state index is -1.96. The van der Waals surface area contributed by atoms with Crippen molar-refractivity contribution in [2.45, 2.75) is 0 Å². The Morgan fingerprint density at radius 2 is 1.80 bits per heavy atom. The van der Waals surface area contributed by atoms with Crippen LogP contribution in [0.5, 0.6) is 0 Å². The van der Waals surface area contributed by atoms with Gasteiger partial charge in [0, 0.05) is 9.78 Å². The smallest absolute Gasteiger partial charge is 0.200 e. The highest BCUT2D eigenvalue weighted by Gasteiger charge is 2.05. The monoisotopic (exact) mass is 220 g/mol. The van der Waals surface area contributed by atoms with E-state index < -0.39 is 8.38 Å². The number of halogens is 1. The standard InChI is InChI=1S/C6H6BrO2P/c7-5-3-1-2-4-6(5)10(8)9/h1-4,8-9H. The van der Waals surface area contributed by atoms with Crippen LogP contribution in [0, 0.1) is 0 Å². The van der Waals surface area contributed by atoms with Crippen LogP contribution in [0.2, 0.25) is 0 Å². The maximum atomic E-state index is 8.79. The highest BCUT2D eigenvalue weighted by molar-refractivity contribution is 9.10. The van der Waals surface area contributed by atoms with Gasteiger partial charge in [0.2, 0.25) is 8.38 Å². The normalized spacial score (nSPS) is 10.4. The van der Waals surface area contributed by atoms with Crippen molar-refractivity contribution < 1.29 is 9.79 Å². The third-order valence-electron chi connectivity index (χ3n) is 1.07. The number of hydrogen-bond donors (Lipinski definition) is 2. The maximum Gasteiger partial charge on any atom is 0.200 e. The molecule has 0 amide bonds. The topological polar surface area (TPSA) is 40.5 Å². The lowest BCUT2D eigenvalue weighted by Crippen LogP contribution is -2.00. The van der Waals surface area contributed by atoms with Crippen LogP contribution in [0.25, 0.3) is 0 Å². The number of benzene rings is 1. The predicted octanol–water partition coefficient (Wildman–Crippen LogP) is 1.37. The molecule has 2 N–H and O–H groups in total. The summed E-state index contributed by atoms with van der Waals surface area (Å²) >= 11 is 3.19. The minimum absolute atomic E-state index is 0.553. The van der Waals surface area contributed by atoms with E-state index in [4.69, 9.17) is 9.79 Å². The molecule has 0 aliphatic heterocycles. The zero-order chi connectivity index (χ0) is 7.56. The van der Waals surface area contributed by atoms with E-state index in [-0.39, 0.29) is 0 Å². The van der Waals surface area contributed by atoms with Crippen molar-refractivity contribution in [2.24, 2.45) is 0 Å². The highest BCUT2D eigenvalue weighted by Crippen LogP contribution is 2.26. The van der Waals surface area contributed by atoms with Crippen molar-refractivity contribution in [1.29, 1.82) is 0 Å². The van der Waals surface area contributed by atoms with Gasteiger partial charge in [-0.1, -0.05) is 12.1 Å². The summed E-state index contributed by atoms with van der Waals surface area (Å²) in [6.07, 6.45) is 0. The Morgan fingerprint density at radius 3 is 2.20 bits per heavy atom. The summed E-state index contributed by atoms with van der Waals surface area (Å²) in [5.74, 6) is 0. The molecule has 0 saturated heterocycles. The van der Waals surface area contributed by atoms with Gasteiger partial charge in [-0.25, -0.2) is 0 Å². The summed E-state index contributed by atoms with van der Waals surface area (Å²) < 4.78 is 0.742. The van der Waals surface area contributed by atoms with Crippen LogP contribution in [0.3, 0.4) is 0 Å². The molecule has 0 spiro atoms. The molecule has 0 aliphatic carbocycles. The lowest BCUT2D eigenvalue weighted by molar-refractivity contribution is 0.496. The fourth-order valence-corrected chi connectivity index (χ4v) is 1.86. The maximum absolute atomic E-state index is 8.79. The van der Waals surface area contributed by atoms with Crippen molar-refractivity contribution in [3.05, 3.63) is 28.7 Å². The van der Waals surface area contributed by atoms with Crippen LogP contribution in [-0.4, -0.2) is 9.79 Å². The molecule has 0 aliphatic rings. The van der Waals surface area contributed by atoms with E-state index in [0.717, 1.165) is 4.47 Å². The Morgan fingerprint density at radius 1 is 1.20 bits per heavy atom. The van der Waals surface area contributed by atoms with Gasteiger partial charge in [-0.2, -0.15) is 0 Å². The van der Waals surface area contributed by atoms with Gasteiger partial charge in [0.15, 0.2) is 0 Å². The molecule has 0 unspecified atom stereocenters. The van der Waals surface area contributed by atoms with Gasteiger partial charge in [-0.3, -0.25) is 0 Å². The van der Waals surface area contributed by atoms with Gasteiger partial charge in [0.05, 0.1) is 0 Å². The average molecular weight is 221 g/mol. The molecule has 2 nitrogen and oxygen atoms in total. The van der Waals surface area contributed by atoms with E-state index in [2.05, 4.69) is 15.9 Å². The summed E-state index contributed by atoms with van der Waals surface area (Å²) in [5.41, 5.74) is 0. The summed E-state index contributed by atoms with van der Waals surface area (Å²) in [6, 6.07) is 7.04. The second kappa shape index (κ2) is 3.44. The molecule has 0 aromatic heterocycles. The second-order valence-corrected chi connectivity index (χ2v) is 3.66. The third-order valence-corrected chi connectivity index (χ3v) is 2.89. The Labute approximate surface area is 68.6 Å². The fraction of sp³-hybridized carbons (Fsp3) is 0. The average Bonchev–Trinajstić information content (AvgIpc) is 1.88. The van der Waals surface area contributed by atoms with Gasteiger partial charge in [-0.05, 0) is 28.1 Å². The molecule has 0 atom stereocenters. The molecule has 4 heteroatoms. The van der Waals surface area contributed by atoms with E-state index >= 15 is 0 Å². The summed E-state index contributed by atoms with van der Waals surface area (Å²) in [6.45, 7) is 0. The van der Waals surface area contributed by atoms with Crippen molar-refractivity contribution >= 4 is 29.6 Å². The first-order valence-electron chi connectivity index (χ1n) is 2.64. The van der Waals surface area contributed by atoms with Crippen LogP contribution in [0.15, 0.2) is 28.7 Å².